The van der Waals surface area contributed by atoms with Gasteiger partial charge in [-0.3, -0.25) is 4.79 Å². The van der Waals surface area contributed by atoms with Crippen molar-refractivity contribution in [2.45, 2.75) is 51.3 Å². The molecule has 0 N–H and O–H groups in total. The highest BCUT2D eigenvalue weighted by Gasteiger charge is 2.30. The van der Waals surface area contributed by atoms with Crippen molar-refractivity contribution in [1.82, 2.24) is 24.6 Å². The van der Waals surface area contributed by atoms with Crippen molar-refractivity contribution in [3.8, 4) is 5.75 Å². The molecule has 0 bridgehead atoms. The quantitative estimate of drug-likeness (QED) is 0.797. The Kier molecular flexibility index (Phi) is 4.34. The summed E-state index contributed by atoms with van der Waals surface area (Å²) in [5, 5.41) is 8.94. The molecule has 3 aliphatic rings. The third-order valence-corrected chi connectivity index (χ3v) is 6.30. The van der Waals surface area contributed by atoms with Crippen LogP contribution in [0.4, 0.5) is 0 Å². The Labute approximate surface area is 165 Å². The van der Waals surface area contributed by atoms with Crippen LogP contribution in [0.15, 0.2) is 18.2 Å². The van der Waals surface area contributed by atoms with Crippen LogP contribution in [-0.2, 0) is 19.5 Å². The molecule has 1 aromatic heterocycles. The topological polar surface area (TPSA) is 63.5 Å². The summed E-state index contributed by atoms with van der Waals surface area (Å²) in [6, 6.07) is 5.80. The number of fused-ring (bicyclic) bond motifs is 2. The number of aromatic nitrogens is 3. The van der Waals surface area contributed by atoms with Gasteiger partial charge in [0.05, 0.1) is 6.54 Å². The van der Waals surface area contributed by atoms with Gasteiger partial charge >= 0.3 is 0 Å². The lowest BCUT2D eigenvalue weighted by Crippen LogP contribution is -2.39. The average Bonchev–Trinajstić information content (AvgIpc) is 3.29. The van der Waals surface area contributed by atoms with E-state index >= 15 is 0 Å². The van der Waals surface area contributed by atoms with Gasteiger partial charge in [-0.2, -0.15) is 0 Å². The number of nitrogens with zero attached hydrogens (tertiary/aromatic N) is 5. The van der Waals surface area contributed by atoms with Crippen molar-refractivity contribution in [3.05, 3.63) is 41.0 Å². The predicted octanol–water partition coefficient (Wildman–Crippen LogP) is 2.07. The summed E-state index contributed by atoms with van der Waals surface area (Å²) in [5.74, 6) is 3.48. The van der Waals surface area contributed by atoms with Crippen molar-refractivity contribution >= 4 is 5.91 Å². The molecule has 7 nitrogen and oxygen atoms in total. The molecule has 1 amide bonds. The maximum Gasteiger partial charge on any atom is 0.254 e. The Bertz CT molecular complexity index is 900. The van der Waals surface area contributed by atoms with Gasteiger partial charge in [0.2, 0.25) is 0 Å². The first-order chi connectivity index (χ1) is 13.6. The van der Waals surface area contributed by atoms with E-state index in [1.807, 2.05) is 23.1 Å². The summed E-state index contributed by atoms with van der Waals surface area (Å²) in [6.07, 6.45) is 3.32. The Morgan fingerprint density at radius 2 is 1.96 bits per heavy atom. The number of carbonyl (C=O) groups excluding carboxylic acids is 1. The van der Waals surface area contributed by atoms with Crippen LogP contribution in [0.2, 0.25) is 0 Å². The van der Waals surface area contributed by atoms with Crippen molar-refractivity contribution in [2.24, 2.45) is 0 Å². The molecule has 1 atom stereocenters. The van der Waals surface area contributed by atoms with E-state index in [-0.39, 0.29) is 12.0 Å². The van der Waals surface area contributed by atoms with Gasteiger partial charge < -0.3 is 19.1 Å². The molecule has 0 spiro atoms. The van der Waals surface area contributed by atoms with Gasteiger partial charge in [-0.15, -0.1) is 10.2 Å². The number of hydrogen-bond donors (Lipinski definition) is 0. The standard InChI is InChI=1S/C21H27N5O2/c1-14-11-17-12-16(3-4-18(17)28-14)21(27)25-9-10-26-19(13-25)22-23-20(26)15-5-7-24(2)8-6-15/h3-4,12,14-15H,5-11,13H2,1-2H3. The van der Waals surface area contributed by atoms with Crippen molar-refractivity contribution < 1.29 is 9.53 Å². The summed E-state index contributed by atoms with van der Waals surface area (Å²) in [7, 11) is 2.17. The Balaban J connectivity index is 1.31. The van der Waals surface area contributed by atoms with Gasteiger partial charge in [0, 0.05) is 31.0 Å². The molecule has 148 valence electrons. The highest BCUT2D eigenvalue weighted by atomic mass is 16.5. The van der Waals surface area contributed by atoms with E-state index in [4.69, 9.17) is 4.74 Å². The first kappa shape index (κ1) is 17.7. The van der Waals surface area contributed by atoms with E-state index in [2.05, 4.69) is 33.6 Å². The van der Waals surface area contributed by atoms with Gasteiger partial charge in [-0.25, -0.2) is 0 Å². The minimum absolute atomic E-state index is 0.0671. The summed E-state index contributed by atoms with van der Waals surface area (Å²) >= 11 is 0. The third-order valence-electron chi connectivity index (χ3n) is 6.30. The molecule has 1 fully saturated rings. The fourth-order valence-electron chi connectivity index (χ4n) is 4.66. The summed E-state index contributed by atoms with van der Waals surface area (Å²) in [5.41, 5.74) is 1.86. The van der Waals surface area contributed by atoms with Crippen LogP contribution in [0.25, 0.3) is 0 Å². The normalized spacial score (nSPS) is 22.6. The molecule has 4 heterocycles. The molecule has 0 saturated carbocycles. The van der Waals surface area contributed by atoms with Gasteiger partial charge in [0.1, 0.15) is 17.7 Å². The highest BCUT2D eigenvalue weighted by Crippen LogP contribution is 2.31. The number of piperidine rings is 1. The minimum Gasteiger partial charge on any atom is -0.490 e. The number of rotatable bonds is 2. The van der Waals surface area contributed by atoms with Gasteiger partial charge in [0.15, 0.2) is 5.82 Å². The Hall–Kier alpha value is -2.41. The van der Waals surface area contributed by atoms with Crippen molar-refractivity contribution in [3.63, 3.8) is 0 Å². The zero-order chi connectivity index (χ0) is 19.3. The lowest BCUT2D eigenvalue weighted by molar-refractivity contribution is 0.0705. The zero-order valence-corrected chi connectivity index (χ0v) is 16.6. The van der Waals surface area contributed by atoms with Gasteiger partial charge in [0.25, 0.3) is 5.91 Å². The minimum atomic E-state index is 0.0671. The summed E-state index contributed by atoms with van der Waals surface area (Å²) in [4.78, 5) is 17.3. The number of carbonyl (C=O) groups is 1. The molecule has 1 saturated heterocycles. The number of hydrogen-bond acceptors (Lipinski definition) is 5. The van der Waals surface area contributed by atoms with Crippen LogP contribution < -0.4 is 4.74 Å². The van der Waals surface area contributed by atoms with Gasteiger partial charge in [-0.1, -0.05) is 0 Å². The maximum atomic E-state index is 13.1. The zero-order valence-electron chi connectivity index (χ0n) is 16.6. The molecule has 7 heteroatoms. The molecule has 1 aromatic carbocycles. The SMILES string of the molecule is CC1Cc2cc(C(=O)N3CCn4c(nnc4C4CCN(C)CC4)C3)ccc2O1. The molecule has 2 aromatic rings. The van der Waals surface area contributed by atoms with E-state index in [9.17, 15) is 4.79 Å². The second-order valence-electron chi connectivity index (χ2n) is 8.39. The van der Waals surface area contributed by atoms with E-state index in [1.165, 1.54) is 0 Å². The summed E-state index contributed by atoms with van der Waals surface area (Å²) < 4.78 is 8.00. The fraction of sp³-hybridized carbons (Fsp3) is 0.571. The van der Waals surface area contributed by atoms with Crippen LogP contribution in [-0.4, -0.2) is 63.3 Å². The van der Waals surface area contributed by atoms with Gasteiger partial charge in [-0.05, 0) is 63.7 Å². The van der Waals surface area contributed by atoms with Crippen LogP contribution in [0.5, 0.6) is 5.75 Å². The number of likely N-dealkylation sites (tertiary alicyclic amines) is 1. The molecule has 3 aliphatic heterocycles. The van der Waals surface area contributed by atoms with Crippen LogP contribution >= 0.6 is 0 Å². The monoisotopic (exact) mass is 381 g/mol. The molecular weight excluding hydrogens is 354 g/mol. The van der Waals surface area contributed by atoms with Crippen LogP contribution in [0, 0.1) is 0 Å². The molecule has 0 aliphatic carbocycles. The molecular formula is C21H27N5O2. The van der Waals surface area contributed by atoms with Crippen LogP contribution in [0.3, 0.4) is 0 Å². The molecule has 0 radical (unpaired) electrons. The predicted molar refractivity (Wildman–Crippen MR) is 104 cm³/mol. The third kappa shape index (κ3) is 3.07. The van der Waals surface area contributed by atoms with Crippen LogP contribution in [0.1, 0.15) is 53.3 Å². The van der Waals surface area contributed by atoms with Crippen molar-refractivity contribution in [1.29, 1.82) is 0 Å². The second kappa shape index (κ2) is 6.88. The summed E-state index contributed by atoms with van der Waals surface area (Å²) in [6.45, 7) is 6.29. The fourth-order valence-corrected chi connectivity index (χ4v) is 4.66. The number of benzene rings is 1. The Morgan fingerprint density at radius 1 is 1.14 bits per heavy atom. The molecule has 1 unspecified atom stereocenters. The Morgan fingerprint density at radius 3 is 2.79 bits per heavy atom. The first-order valence-corrected chi connectivity index (χ1v) is 10.3. The van der Waals surface area contributed by atoms with Crippen molar-refractivity contribution in [2.75, 3.05) is 26.7 Å². The lowest BCUT2D eigenvalue weighted by atomic mass is 9.96. The lowest BCUT2D eigenvalue weighted by Gasteiger charge is -2.31. The average molecular weight is 381 g/mol. The maximum absolute atomic E-state index is 13.1. The smallest absolute Gasteiger partial charge is 0.254 e. The molecule has 5 rings (SSSR count). The molecule has 28 heavy (non-hydrogen) atoms. The van der Waals surface area contributed by atoms with E-state index in [0.717, 1.165) is 67.4 Å². The van der Waals surface area contributed by atoms with E-state index < -0.39 is 0 Å². The highest BCUT2D eigenvalue weighted by molar-refractivity contribution is 5.94. The number of amides is 1. The second-order valence-corrected chi connectivity index (χ2v) is 8.39. The largest absolute Gasteiger partial charge is 0.490 e. The van der Waals surface area contributed by atoms with E-state index in [0.29, 0.717) is 19.0 Å². The number of ether oxygens (including phenoxy) is 1. The van der Waals surface area contributed by atoms with E-state index in [1.54, 1.807) is 0 Å². The first-order valence-electron chi connectivity index (χ1n) is 10.3.